The summed E-state index contributed by atoms with van der Waals surface area (Å²) in [4.78, 5) is 31.6. The predicted octanol–water partition coefficient (Wildman–Crippen LogP) is 6.59. The lowest BCUT2D eigenvalue weighted by Crippen LogP contribution is -2.49. The predicted molar refractivity (Wildman–Crippen MR) is 134 cm³/mol. The van der Waals surface area contributed by atoms with Crippen LogP contribution in [0.1, 0.15) is 69.0 Å². The molecule has 1 aliphatic rings. The molecule has 1 atom stereocenters. The topological polar surface area (TPSA) is 40.6 Å². The first kappa shape index (κ1) is 25.1. The average molecular weight is 496 g/mol. The summed E-state index contributed by atoms with van der Waals surface area (Å²) in [6, 6.07) is 7.24. The van der Waals surface area contributed by atoms with Gasteiger partial charge in [0.15, 0.2) is 0 Å². The van der Waals surface area contributed by atoms with Gasteiger partial charge in [-0.3, -0.25) is 9.59 Å². The molecule has 0 aliphatic carbocycles. The molecule has 0 bridgehead atoms. The molecule has 3 rings (SSSR count). The number of hydrogen-bond acceptors (Lipinski definition) is 3. The number of carbonyl (C=O) groups is 2. The van der Waals surface area contributed by atoms with E-state index in [1.165, 1.54) is 4.88 Å². The van der Waals surface area contributed by atoms with E-state index in [2.05, 4.69) is 18.4 Å². The van der Waals surface area contributed by atoms with Crippen LogP contribution in [0.3, 0.4) is 0 Å². The van der Waals surface area contributed by atoms with Crippen LogP contribution in [0, 0.1) is 5.41 Å². The molecule has 0 fully saturated rings. The van der Waals surface area contributed by atoms with Gasteiger partial charge >= 0.3 is 0 Å². The zero-order chi connectivity index (χ0) is 23.5. The molecule has 7 heteroatoms. The van der Waals surface area contributed by atoms with Gasteiger partial charge in [0.25, 0.3) is 0 Å². The highest BCUT2D eigenvalue weighted by Gasteiger charge is 2.36. The number of thiophene rings is 1. The Balaban J connectivity index is 1.91. The Morgan fingerprint density at radius 1 is 1.16 bits per heavy atom. The Morgan fingerprint density at radius 3 is 2.56 bits per heavy atom. The molecular formula is C25H32Cl2N2O2S. The Kier molecular flexibility index (Phi) is 8.29. The van der Waals surface area contributed by atoms with E-state index in [4.69, 9.17) is 23.2 Å². The second-order valence-electron chi connectivity index (χ2n) is 9.39. The third kappa shape index (κ3) is 5.67. The van der Waals surface area contributed by atoms with E-state index in [0.29, 0.717) is 23.1 Å². The summed E-state index contributed by atoms with van der Waals surface area (Å²) in [6.07, 6.45) is 3.80. The first-order chi connectivity index (χ1) is 15.1. The maximum absolute atomic E-state index is 13.6. The van der Waals surface area contributed by atoms with Gasteiger partial charge in [0.05, 0.1) is 12.6 Å². The molecule has 0 saturated carbocycles. The van der Waals surface area contributed by atoms with Crippen LogP contribution in [-0.4, -0.2) is 41.2 Å². The van der Waals surface area contributed by atoms with Crippen LogP contribution >= 0.6 is 34.5 Å². The summed E-state index contributed by atoms with van der Waals surface area (Å²) >= 11 is 14.4. The van der Waals surface area contributed by atoms with Crippen molar-refractivity contribution in [3.8, 4) is 0 Å². The average Bonchev–Trinajstić information content (AvgIpc) is 3.20. The van der Waals surface area contributed by atoms with E-state index in [-0.39, 0.29) is 24.4 Å². The van der Waals surface area contributed by atoms with Gasteiger partial charge in [-0.05, 0) is 47.5 Å². The molecule has 1 aliphatic heterocycles. The minimum atomic E-state index is -0.534. The number of unbranched alkanes of at least 4 members (excludes halogenated alkanes) is 2. The summed E-state index contributed by atoms with van der Waals surface area (Å²) in [5, 5.41) is 3.18. The molecule has 1 aromatic carbocycles. The smallest absolute Gasteiger partial charge is 0.242 e. The molecule has 4 nitrogen and oxygen atoms in total. The quantitative estimate of drug-likeness (QED) is 0.407. The summed E-state index contributed by atoms with van der Waals surface area (Å²) in [7, 11) is 0. The van der Waals surface area contributed by atoms with Gasteiger partial charge in [-0.2, -0.15) is 0 Å². The van der Waals surface area contributed by atoms with Gasteiger partial charge in [-0.15, -0.1) is 11.3 Å². The Labute approximate surface area is 205 Å². The van der Waals surface area contributed by atoms with Crippen molar-refractivity contribution in [2.75, 3.05) is 19.6 Å². The van der Waals surface area contributed by atoms with Gasteiger partial charge in [-0.25, -0.2) is 0 Å². The number of halogens is 2. The molecule has 1 aromatic heterocycles. The van der Waals surface area contributed by atoms with E-state index < -0.39 is 5.41 Å². The van der Waals surface area contributed by atoms with E-state index >= 15 is 0 Å². The van der Waals surface area contributed by atoms with Crippen LogP contribution in [0.25, 0.3) is 0 Å². The summed E-state index contributed by atoms with van der Waals surface area (Å²) in [5.74, 6) is -0.0387. The van der Waals surface area contributed by atoms with Crippen molar-refractivity contribution in [3.05, 3.63) is 55.7 Å². The van der Waals surface area contributed by atoms with Crippen LogP contribution in [0.4, 0.5) is 0 Å². The maximum atomic E-state index is 13.6. The fourth-order valence-corrected chi connectivity index (χ4v) is 5.59. The largest absolute Gasteiger partial charge is 0.333 e. The van der Waals surface area contributed by atoms with Crippen molar-refractivity contribution < 1.29 is 9.59 Å². The summed E-state index contributed by atoms with van der Waals surface area (Å²) < 4.78 is 0. The molecule has 0 spiro atoms. The lowest BCUT2D eigenvalue weighted by Gasteiger charge is -2.38. The van der Waals surface area contributed by atoms with Crippen molar-refractivity contribution in [2.45, 2.75) is 59.4 Å². The van der Waals surface area contributed by atoms with Gasteiger partial charge in [-0.1, -0.05) is 69.8 Å². The van der Waals surface area contributed by atoms with Gasteiger partial charge in [0.2, 0.25) is 11.8 Å². The number of fused-ring (bicyclic) bond motifs is 1. The molecule has 0 radical (unpaired) electrons. The van der Waals surface area contributed by atoms with Crippen LogP contribution in [-0.2, 0) is 16.0 Å². The normalized spacial score (nSPS) is 16.1. The zero-order valence-corrected chi connectivity index (χ0v) is 21.6. The molecule has 2 aromatic rings. The fraction of sp³-hybridized carbons (Fsp3) is 0.520. The lowest BCUT2D eigenvalue weighted by molar-refractivity contribution is -0.146. The Morgan fingerprint density at radius 2 is 1.91 bits per heavy atom. The van der Waals surface area contributed by atoms with Crippen LogP contribution < -0.4 is 0 Å². The monoisotopic (exact) mass is 494 g/mol. The molecule has 2 heterocycles. The summed E-state index contributed by atoms with van der Waals surface area (Å²) in [5.41, 5.74) is 1.44. The maximum Gasteiger partial charge on any atom is 0.242 e. The lowest BCUT2D eigenvalue weighted by atomic mass is 9.92. The molecule has 174 valence electrons. The highest BCUT2D eigenvalue weighted by Crippen LogP contribution is 2.41. The first-order valence-corrected chi connectivity index (χ1v) is 12.9. The molecule has 0 saturated heterocycles. The number of amides is 2. The van der Waals surface area contributed by atoms with E-state index in [0.717, 1.165) is 36.8 Å². The Hall–Kier alpha value is -1.56. The van der Waals surface area contributed by atoms with Crippen molar-refractivity contribution in [2.24, 2.45) is 5.41 Å². The number of benzene rings is 1. The molecule has 2 amide bonds. The van der Waals surface area contributed by atoms with Crippen LogP contribution in [0.5, 0.6) is 0 Å². The van der Waals surface area contributed by atoms with Gasteiger partial charge in [0.1, 0.15) is 0 Å². The Bertz CT molecular complexity index is 967. The van der Waals surface area contributed by atoms with Crippen molar-refractivity contribution in [3.63, 3.8) is 0 Å². The van der Waals surface area contributed by atoms with E-state index in [1.54, 1.807) is 22.3 Å². The summed E-state index contributed by atoms with van der Waals surface area (Å²) in [6.45, 7) is 9.13. The first-order valence-electron chi connectivity index (χ1n) is 11.2. The van der Waals surface area contributed by atoms with E-state index in [9.17, 15) is 9.59 Å². The third-order valence-electron chi connectivity index (χ3n) is 5.83. The molecular weight excluding hydrogens is 463 g/mol. The number of carbonyl (C=O) groups excluding carboxylic acids is 2. The second kappa shape index (κ2) is 10.6. The number of nitrogens with zero attached hydrogens (tertiary/aromatic N) is 2. The standard InChI is InChI=1S/C25H32Cl2N2O2S/c1-5-6-7-12-28(24(31)25(2,3)4)16-22(30)29-13-10-21-19(11-14-32-21)23(29)18-9-8-17(26)15-20(18)27/h8-9,11,14-15,23H,5-7,10,12-13,16H2,1-4H3. The zero-order valence-electron chi connectivity index (χ0n) is 19.3. The van der Waals surface area contributed by atoms with Gasteiger partial charge in [0, 0.05) is 33.4 Å². The van der Waals surface area contributed by atoms with E-state index in [1.807, 2.05) is 37.8 Å². The number of hydrogen-bond donors (Lipinski definition) is 0. The van der Waals surface area contributed by atoms with Crippen molar-refractivity contribution in [1.82, 2.24) is 9.80 Å². The SMILES string of the molecule is CCCCCN(CC(=O)N1CCc2sccc2C1c1ccc(Cl)cc1Cl)C(=O)C(C)(C)C. The minimum Gasteiger partial charge on any atom is -0.333 e. The minimum absolute atomic E-state index is 0.0104. The van der Waals surface area contributed by atoms with Crippen molar-refractivity contribution >= 4 is 46.4 Å². The molecule has 32 heavy (non-hydrogen) atoms. The molecule has 1 unspecified atom stereocenters. The highest BCUT2D eigenvalue weighted by atomic mass is 35.5. The number of rotatable bonds is 7. The third-order valence-corrected chi connectivity index (χ3v) is 7.39. The van der Waals surface area contributed by atoms with Crippen LogP contribution in [0.15, 0.2) is 29.6 Å². The second-order valence-corrected chi connectivity index (χ2v) is 11.2. The van der Waals surface area contributed by atoms with Gasteiger partial charge < -0.3 is 9.80 Å². The fourth-order valence-electron chi connectivity index (χ4n) is 4.18. The van der Waals surface area contributed by atoms with Crippen LogP contribution in [0.2, 0.25) is 10.0 Å². The highest BCUT2D eigenvalue weighted by molar-refractivity contribution is 7.10. The van der Waals surface area contributed by atoms with Crippen molar-refractivity contribution in [1.29, 1.82) is 0 Å². The molecule has 0 N–H and O–H groups in total.